The van der Waals surface area contributed by atoms with Crippen molar-refractivity contribution < 1.29 is 28.8 Å². The van der Waals surface area contributed by atoms with Crippen molar-refractivity contribution in [3.05, 3.63) is 48.1 Å². The summed E-state index contributed by atoms with van der Waals surface area (Å²) in [5.74, 6) is 6.73. The number of pyridine rings is 1. The monoisotopic (exact) mass is 806 g/mol. The molecule has 1 fully saturated rings. The maximum Gasteiger partial charge on any atom is 0.410 e. The topological polar surface area (TPSA) is 124 Å². The summed E-state index contributed by atoms with van der Waals surface area (Å²) < 4.78 is 26.8. The number of carbonyl (C=O) groups is 1. The molecule has 1 amide bonds. The molecule has 1 N–H and O–H groups in total. The van der Waals surface area contributed by atoms with Crippen molar-refractivity contribution >= 4 is 39.5 Å². The molecule has 4 heterocycles. The molecule has 14 heteroatoms. The minimum absolute atomic E-state index is 0.0263. The minimum Gasteiger partial charge on any atom is -0.494 e. The first-order valence-electron chi connectivity index (χ1n) is 20.0. The maximum absolute atomic E-state index is 13.5. The van der Waals surface area contributed by atoms with Crippen LogP contribution in [0.15, 0.2) is 31.1 Å². The third-order valence-electron chi connectivity index (χ3n) is 9.56. The average molecular weight is 807 g/mol. The smallest absolute Gasteiger partial charge is 0.410 e. The zero-order valence-electron chi connectivity index (χ0n) is 35.8. The highest BCUT2D eigenvalue weighted by Gasteiger charge is 2.37. The predicted molar refractivity (Wildman–Crippen MR) is 230 cm³/mol. The van der Waals surface area contributed by atoms with Gasteiger partial charge in [0.1, 0.15) is 42.9 Å². The highest BCUT2D eigenvalue weighted by atomic mass is 28.3. The molecule has 12 nitrogen and oxygen atoms in total. The molecule has 0 bridgehead atoms. The van der Waals surface area contributed by atoms with Gasteiger partial charge in [0, 0.05) is 58.8 Å². The van der Waals surface area contributed by atoms with E-state index >= 15 is 0 Å². The van der Waals surface area contributed by atoms with Crippen molar-refractivity contribution in [2.45, 2.75) is 129 Å². The summed E-state index contributed by atoms with van der Waals surface area (Å²) in [6.07, 6.45) is 6.25. The van der Waals surface area contributed by atoms with E-state index in [0.29, 0.717) is 49.8 Å². The van der Waals surface area contributed by atoms with Gasteiger partial charge in [0.25, 0.3) is 0 Å². The minimum atomic E-state index is -1.35. The van der Waals surface area contributed by atoms with E-state index in [1.807, 2.05) is 49.2 Å². The standard InChI is InChI=1S/C42H66N6O6Si2/c1-13-53-32(3)38-37(21-20-35-19-16-31(2)47(35)41(50)54-42(4,5)6)45-39-36(33-17-18-34(43-27-33)15-14-22-49)28-44-48(39)40(38)46(29-51-23-25-55(7,8)9)30-52-24-26-56(10,11)12/h17-18,27-28,31,35,49H,3,13,16,19-26,29-30H2,1-2,4-12H3/t31-,35-/m1/s1. The fourth-order valence-corrected chi connectivity index (χ4v) is 8.07. The molecule has 0 aromatic carbocycles. The number of fused-ring (bicyclic) bond motifs is 1. The Kier molecular flexibility index (Phi) is 15.7. The fourth-order valence-electron chi connectivity index (χ4n) is 6.56. The number of likely N-dealkylation sites (tertiary alicyclic amines) is 1. The maximum atomic E-state index is 13.5. The average Bonchev–Trinajstić information content (AvgIpc) is 3.70. The Hall–Kier alpha value is -3.75. The molecule has 0 aliphatic carbocycles. The van der Waals surface area contributed by atoms with Crippen molar-refractivity contribution in [2.24, 2.45) is 0 Å². The lowest BCUT2D eigenvalue weighted by Gasteiger charge is -2.32. The third kappa shape index (κ3) is 12.9. The van der Waals surface area contributed by atoms with Crippen molar-refractivity contribution in [1.29, 1.82) is 0 Å². The van der Waals surface area contributed by atoms with E-state index in [0.717, 1.165) is 53.1 Å². The number of hydrogen-bond acceptors (Lipinski definition) is 10. The van der Waals surface area contributed by atoms with Crippen LogP contribution in [0.2, 0.25) is 51.4 Å². The van der Waals surface area contributed by atoms with E-state index < -0.39 is 21.7 Å². The Bertz CT molecular complexity index is 1810. The molecule has 2 atom stereocenters. The molecule has 56 heavy (non-hydrogen) atoms. The molecule has 3 aromatic heterocycles. The molecular weight excluding hydrogens is 741 g/mol. The highest BCUT2D eigenvalue weighted by Crippen LogP contribution is 2.36. The van der Waals surface area contributed by atoms with Crippen LogP contribution < -0.4 is 4.90 Å². The van der Waals surface area contributed by atoms with Crippen LogP contribution in [0.1, 0.15) is 70.8 Å². The third-order valence-corrected chi connectivity index (χ3v) is 13.0. The molecule has 4 rings (SSSR count). The Morgan fingerprint density at radius 2 is 1.70 bits per heavy atom. The largest absolute Gasteiger partial charge is 0.494 e. The number of rotatable bonds is 18. The van der Waals surface area contributed by atoms with Gasteiger partial charge in [0.2, 0.25) is 0 Å². The van der Waals surface area contributed by atoms with Gasteiger partial charge in [-0.05, 0) is 90.4 Å². The van der Waals surface area contributed by atoms with Gasteiger partial charge in [-0.2, -0.15) is 9.61 Å². The number of amides is 1. The lowest BCUT2D eigenvalue weighted by molar-refractivity contribution is 0.0153. The number of aliphatic hydroxyl groups excluding tert-OH is 1. The van der Waals surface area contributed by atoms with Crippen LogP contribution in [0.5, 0.6) is 0 Å². The summed E-state index contributed by atoms with van der Waals surface area (Å²) in [6, 6.07) is 5.86. The van der Waals surface area contributed by atoms with Crippen molar-refractivity contribution in [3.8, 4) is 23.0 Å². The molecule has 1 aliphatic rings. The molecule has 0 radical (unpaired) electrons. The summed E-state index contributed by atoms with van der Waals surface area (Å²) in [6.45, 7) is 30.2. The van der Waals surface area contributed by atoms with Crippen LogP contribution in [0.4, 0.5) is 10.6 Å². The second kappa shape index (κ2) is 19.6. The van der Waals surface area contributed by atoms with Gasteiger partial charge in [0.15, 0.2) is 5.65 Å². The molecule has 1 saturated heterocycles. The normalized spacial score (nSPS) is 16.2. The quantitative estimate of drug-likeness (QED) is 0.0442. The van der Waals surface area contributed by atoms with Crippen LogP contribution in [0, 0.1) is 11.8 Å². The second-order valence-corrected chi connectivity index (χ2v) is 29.3. The number of anilines is 1. The summed E-state index contributed by atoms with van der Waals surface area (Å²) in [5.41, 5.74) is 3.73. The second-order valence-electron chi connectivity index (χ2n) is 18.0. The Morgan fingerprint density at radius 1 is 1.04 bits per heavy atom. The first-order chi connectivity index (χ1) is 26.3. The Morgan fingerprint density at radius 3 is 2.25 bits per heavy atom. The van der Waals surface area contributed by atoms with Crippen molar-refractivity contribution in [2.75, 3.05) is 44.8 Å². The van der Waals surface area contributed by atoms with Gasteiger partial charge >= 0.3 is 6.09 Å². The molecule has 308 valence electrons. The van der Waals surface area contributed by atoms with Crippen LogP contribution in [-0.4, -0.2) is 109 Å². The molecule has 0 unspecified atom stereocenters. The first-order valence-corrected chi connectivity index (χ1v) is 27.4. The lowest BCUT2D eigenvalue weighted by Crippen LogP contribution is -2.43. The number of ether oxygens (including phenoxy) is 4. The first kappa shape index (κ1) is 45.0. The van der Waals surface area contributed by atoms with Gasteiger partial charge in [-0.15, -0.1) is 0 Å². The molecule has 3 aromatic rings. The number of nitrogens with zero attached hydrogens (tertiary/aromatic N) is 6. The van der Waals surface area contributed by atoms with Gasteiger partial charge in [-0.3, -0.25) is 0 Å². The zero-order valence-corrected chi connectivity index (χ0v) is 37.8. The van der Waals surface area contributed by atoms with Crippen LogP contribution in [0.3, 0.4) is 0 Å². The number of aromatic nitrogens is 4. The van der Waals surface area contributed by atoms with Gasteiger partial charge in [0.05, 0.1) is 24.1 Å². The van der Waals surface area contributed by atoms with Crippen molar-refractivity contribution in [3.63, 3.8) is 0 Å². The highest BCUT2D eigenvalue weighted by molar-refractivity contribution is 6.76. The number of hydrogen-bond donors (Lipinski definition) is 1. The fraction of sp³-hybridized carbons (Fsp3) is 0.619. The summed E-state index contributed by atoms with van der Waals surface area (Å²) in [4.78, 5) is 27.3. The van der Waals surface area contributed by atoms with E-state index in [1.165, 1.54) is 0 Å². The predicted octanol–water partition coefficient (Wildman–Crippen LogP) is 8.29. The van der Waals surface area contributed by atoms with E-state index in [2.05, 4.69) is 74.5 Å². The van der Waals surface area contributed by atoms with E-state index in [9.17, 15) is 9.90 Å². The van der Waals surface area contributed by atoms with E-state index in [-0.39, 0.29) is 38.2 Å². The molecule has 1 aliphatic heterocycles. The Balaban J connectivity index is 1.88. The number of carbonyl (C=O) groups excluding carboxylic acids is 1. The van der Waals surface area contributed by atoms with Gasteiger partial charge in [-0.1, -0.05) is 51.8 Å². The van der Waals surface area contributed by atoms with Crippen LogP contribution in [0.25, 0.3) is 22.5 Å². The van der Waals surface area contributed by atoms with Crippen molar-refractivity contribution in [1.82, 2.24) is 24.5 Å². The zero-order chi connectivity index (χ0) is 41.3. The van der Waals surface area contributed by atoms with Gasteiger partial charge < -0.3 is 33.9 Å². The number of aryl methyl sites for hydroxylation is 1. The van der Waals surface area contributed by atoms with E-state index in [4.69, 9.17) is 29.0 Å². The Labute approximate surface area is 337 Å². The van der Waals surface area contributed by atoms with Crippen LogP contribution >= 0.6 is 0 Å². The SMILES string of the molecule is C=C(OCC)c1c(CC[C@H]2CC[C@@H](C)N2C(=O)OC(C)(C)C)nc2c(-c3ccc(C#CCO)nc3)cnn2c1N(COCC[Si](C)(C)C)COCC[Si](C)(C)C. The molecular formula is C42H66N6O6Si2. The van der Waals surface area contributed by atoms with Crippen LogP contribution in [-0.2, 0) is 25.4 Å². The lowest BCUT2D eigenvalue weighted by atomic mass is 10.0. The summed E-state index contributed by atoms with van der Waals surface area (Å²) in [7, 11) is -2.70. The van der Waals surface area contributed by atoms with Gasteiger partial charge in [-0.25, -0.2) is 14.8 Å². The van der Waals surface area contributed by atoms with E-state index in [1.54, 1.807) is 12.4 Å². The molecule has 0 saturated carbocycles. The summed E-state index contributed by atoms with van der Waals surface area (Å²) in [5, 5.41) is 14.1. The number of aliphatic hydroxyl groups is 1. The molecule has 0 spiro atoms. The summed E-state index contributed by atoms with van der Waals surface area (Å²) >= 11 is 0.